The molecule has 0 spiro atoms. The van der Waals surface area contributed by atoms with Gasteiger partial charge in [-0.05, 0) is 43.5 Å². The third-order valence-corrected chi connectivity index (χ3v) is 5.15. The molecule has 128 valence electrons. The summed E-state index contributed by atoms with van der Waals surface area (Å²) in [6.07, 6.45) is 0. The SMILES string of the molecule is CC1(C)Nc2cc(S(=O)(=O)O)cc3cc(S(=O)(=O)O)cc(c23)N1.[NaH].[NaH]. The van der Waals surface area contributed by atoms with Gasteiger partial charge in [0.15, 0.2) is 0 Å². The molecule has 4 N–H and O–H groups in total. The predicted octanol–water partition coefficient (Wildman–Crippen LogP) is 0.610. The first kappa shape index (κ1) is 23.2. The minimum absolute atomic E-state index is 0. The summed E-state index contributed by atoms with van der Waals surface area (Å²) in [5, 5.41) is 6.95. The van der Waals surface area contributed by atoms with Gasteiger partial charge in [0.05, 0.1) is 9.79 Å². The van der Waals surface area contributed by atoms with E-state index in [0.29, 0.717) is 16.8 Å². The molecule has 2 aromatic carbocycles. The Morgan fingerprint density at radius 3 is 1.48 bits per heavy atom. The van der Waals surface area contributed by atoms with Crippen molar-refractivity contribution in [2.45, 2.75) is 29.3 Å². The molecule has 0 amide bonds. The van der Waals surface area contributed by atoms with E-state index in [-0.39, 0.29) is 74.3 Å². The van der Waals surface area contributed by atoms with Crippen LogP contribution in [0.15, 0.2) is 34.1 Å². The van der Waals surface area contributed by atoms with Gasteiger partial charge in [0.25, 0.3) is 20.2 Å². The molecule has 2 aromatic rings. The number of nitrogens with one attached hydrogen (secondary N) is 2. The molecule has 0 atom stereocenters. The molecule has 1 aliphatic rings. The number of hydrogen-bond donors (Lipinski definition) is 4. The second-order valence-corrected chi connectivity index (χ2v) is 8.71. The average Bonchev–Trinajstić information content (AvgIpc) is 2.33. The first-order chi connectivity index (χ1) is 10.4. The summed E-state index contributed by atoms with van der Waals surface area (Å²) in [6, 6.07) is 4.84. The van der Waals surface area contributed by atoms with Crippen LogP contribution in [0.1, 0.15) is 13.8 Å². The number of anilines is 2. The molecule has 8 nitrogen and oxygen atoms in total. The van der Waals surface area contributed by atoms with E-state index in [9.17, 15) is 25.9 Å². The monoisotopic (exact) mass is 406 g/mol. The Bertz CT molecular complexity index is 973. The second kappa shape index (κ2) is 7.27. The topological polar surface area (TPSA) is 133 Å². The summed E-state index contributed by atoms with van der Waals surface area (Å²) in [4.78, 5) is -0.743. The van der Waals surface area contributed by atoms with E-state index >= 15 is 0 Å². The molecule has 3 rings (SSSR count). The van der Waals surface area contributed by atoms with Crippen molar-refractivity contribution in [3.05, 3.63) is 24.3 Å². The van der Waals surface area contributed by atoms with Gasteiger partial charge >= 0.3 is 59.1 Å². The van der Waals surface area contributed by atoms with Gasteiger partial charge in [-0.2, -0.15) is 16.8 Å². The average molecular weight is 406 g/mol. The first-order valence-corrected chi connectivity index (χ1v) is 9.38. The Kier molecular flexibility index (Phi) is 6.73. The molecule has 0 unspecified atom stereocenters. The van der Waals surface area contributed by atoms with Crippen LogP contribution < -0.4 is 10.6 Å². The predicted molar refractivity (Wildman–Crippen MR) is 99.2 cm³/mol. The fourth-order valence-electron chi connectivity index (χ4n) is 2.66. The molecule has 0 bridgehead atoms. The van der Waals surface area contributed by atoms with Gasteiger partial charge in [0.1, 0.15) is 5.66 Å². The number of benzene rings is 2. The molecule has 0 saturated heterocycles. The van der Waals surface area contributed by atoms with Crippen molar-refractivity contribution in [3.8, 4) is 0 Å². The van der Waals surface area contributed by atoms with Gasteiger partial charge in [-0.1, -0.05) is 0 Å². The molecule has 1 aliphatic heterocycles. The summed E-state index contributed by atoms with van der Waals surface area (Å²) >= 11 is 0. The van der Waals surface area contributed by atoms with Crippen LogP contribution in [0, 0.1) is 0 Å². The van der Waals surface area contributed by atoms with Crippen molar-refractivity contribution in [1.82, 2.24) is 0 Å². The minimum atomic E-state index is -4.47. The van der Waals surface area contributed by atoms with Crippen molar-refractivity contribution < 1.29 is 25.9 Å². The van der Waals surface area contributed by atoms with Crippen LogP contribution in [0.2, 0.25) is 0 Å². The van der Waals surface area contributed by atoms with Crippen LogP contribution in [0.25, 0.3) is 10.8 Å². The van der Waals surface area contributed by atoms with E-state index in [0.717, 1.165) is 12.1 Å². The van der Waals surface area contributed by atoms with Crippen molar-refractivity contribution >= 4 is 101 Å². The zero-order valence-electron chi connectivity index (χ0n) is 12.2. The van der Waals surface area contributed by atoms with E-state index in [1.54, 1.807) is 13.8 Å². The maximum atomic E-state index is 11.4. The van der Waals surface area contributed by atoms with E-state index in [2.05, 4.69) is 10.6 Å². The fourth-order valence-corrected chi connectivity index (χ4v) is 3.75. The van der Waals surface area contributed by atoms with Crippen molar-refractivity contribution in [3.63, 3.8) is 0 Å². The summed E-state index contributed by atoms with van der Waals surface area (Å²) in [7, 11) is -8.95. The summed E-state index contributed by atoms with van der Waals surface area (Å²) < 4.78 is 64.3. The zero-order valence-corrected chi connectivity index (χ0v) is 13.8. The van der Waals surface area contributed by atoms with Crippen molar-refractivity contribution in [1.29, 1.82) is 0 Å². The van der Waals surface area contributed by atoms with Crippen LogP contribution >= 0.6 is 0 Å². The standard InChI is InChI=1S/C13H14N2O6S2.2Na.2H/c1-13(2)14-10-5-8(22(16,17)18)3-7-4-9(23(19,20)21)6-11(15-13)12(7)10;;;;/h3-6,14-15H,1-2H3,(H,16,17,18)(H,19,20,21);;;;. The van der Waals surface area contributed by atoms with Gasteiger partial charge in [-0.15, -0.1) is 0 Å². The molecule has 25 heavy (non-hydrogen) atoms. The molecule has 0 aromatic heterocycles. The van der Waals surface area contributed by atoms with E-state index < -0.39 is 25.9 Å². The van der Waals surface area contributed by atoms with Crippen LogP contribution in [-0.2, 0) is 20.2 Å². The quantitative estimate of drug-likeness (QED) is 0.421. The molecule has 0 fully saturated rings. The Balaban J connectivity index is 0.00000156. The van der Waals surface area contributed by atoms with Gasteiger partial charge in [0, 0.05) is 16.8 Å². The number of rotatable bonds is 2. The second-order valence-electron chi connectivity index (χ2n) is 5.86. The van der Waals surface area contributed by atoms with Gasteiger partial charge in [-0.3, -0.25) is 9.11 Å². The third kappa shape index (κ3) is 4.70. The van der Waals surface area contributed by atoms with Gasteiger partial charge in [-0.25, -0.2) is 0 Å². The molecule has 0 radical (unpaired) electrons. The normalized spacial score (nSPS) is 15.4. The van der Waals surface area contributed by atoms with E-state index in [1.807, 2.05) is 0 Å². The fraction of sp³-hybridized carbons (Fsp3) is 0.231. The van der Waals surface area contributed by atoms with E-state index in [4.69, 9.17) is 0 Å². The van der Waals surface area contributed by atoms with E-state index in [1.165, 1.54) is 12.1 Å². The Morgan fingerprint density at radius 1 is 0.800 bits per heavy atom. The third-order valence-electron chi connectivity index (χ3n) is 3.49. The molecule has 12 heteroatoms. The first-order valence-electron chi connectivity index (χ1n) is 6.50. The maximum absolute atomic E-state index is 11.4. The zero-order chi connectivity index (χ0) is 17.2. The Labute approximate surface area is 189 Å². The molecule has 0 saturated carbocycles. The molecular formula is C13H16N2Na2O6S2. The van der Waals surface area contributed by atoms with Crippen LogP contribution in [0.3, 0.4) is 0 Å². The molecular weight excluding hydrogens is 390 g/mol. The number of hydrogen-bond acceptors (Lipinski definition) is 6. The Hall–Kier alpha value is 0.120. The van der Waals surface area contributed by atoms with Crippen LogP contribution in [0.4, 0.5) is 11.4 Å². The summed E-state index contributed by atoms with van der Waals surface area (Å²) in [6.45, 7) is 3.53. The van der Waals surface area contributed by atoms with Gasteiger partial charge < -0.3 is 10.6 Å². The van der Waals surface area contributed by atoms with Crippen LogP contribution in [-0.4, -0.2) is 90.7 Å². The Morgan fingerprint density at radius 2 is 1.16 bits per heavy atom. The van der Waals surface area contributed by atoms with Crippen molar-refractivity contribution in [2.75, 3.05) is 10.6 Å². The summed E-state index contributed by atoms with van der Waals surface area (Å²) in [5.74, 6) is 0. The van der Waals surface area contributed by atoms with Gasteiger partial charge in [0.2, 0.25) is 0 Å². The van der Waals surface area contributed by atoms with Crippen molar-refractivity contribution in [2.24, 2.45) is 0 Å². The van der Waals surface area contributed by atoms with Crippen LogP contribution in [0.5, 0.6) is 0 Å². The molecule has 1 heterocycles. The summed E-state index contributed by atoms with van der Waals surface area (Å²) in [5.41, 5.74) is 0.154. The molecule has 0 aliphatic carbocycles.